The molecule has 0 radical (unpaired) electrons. The number of nitrogens with one attached hydrogen (secondary N) is 3. The van der Waals surface area contributed by atoms with Crippen LogP contribution in [0.1, 0.15) is 5.56 Å². The Balaban J connectivity index is 2.39. The molecule has 0 aliphatic heterocycles. The van der Waals surface area contributed by atoms with Crippen LogP contribution in [0.4, 0.5) is 11.4 Å². The van der Waals surface area contributed by atoms with Gasteiger partial charge in [0.2, 0.25) is 10.0 Å². The van der Waals surface area contributed by atoms with Crippen molar-refractivity contribution in [2.24, 2.45) is 0 Å². The average Bonchev–Trinajstić information content (AvgIpc) is 2.66. The minimum absolute atomic E-state index is 0.0488. The summed E-state index contributed by atoms with van der Waals surface area (Å²) in [6.45, 7) is 1.03. The van der Waals surface area contributed by atoms with Crippen molar-refractivity contribution < 1.29 is 31.5 Å². The van der Waals surface area contributed by atoms with E-state index >= 15 is 0 Å². The molecule has 0 unspecified atom stereocenters. The Hall–Kier alpha value is -2.83. The van der Waals surface area contributed by atoms with Crippen molar-refractivity contribution in [3.63, 3.8) is 0 Å². The van der Waals surface area contributed by atoms with Gasteiger partial charge >= 0.3 is 5.97 Å². The molecule has 0 atom stereocenters. The fraction of sp³-hybridized carbons (Fsp3) is 0.235. The van der Waals surface area contributed by atoms with Crippen molar-refractivity contribution in [2.75, 3.05) is 30.7 Å². The molecule has 0 aliphatic rings. The van der Waals surface area contributed by atoms with Crippen LogP contribution < -0.4 is 19.5 Å². The summed E-state index contributed by atoms with van der Waals surface area (Å²) in [6.07, 6.45) is 0. The second kappa shape index (κ2) is 8.68. The second-order valence-corrected chi connectivity index (χ2v) is 9.45. The molecule has 0 aliphatic carbocycles. The van der Waals surface area contributed by atoms with E-state index in [1.54, 1.807) is 14.0 Å². The standard InChI is InChI=1S/C17H21N3O7S2/c1-11-8-12(5-7-16(11)27-10-17(21)22)29(25,26)20-15-9-13(28(23,24)19-3)4-6-14(15)18-2/h4-9,18-20H,10H2,1-3H3,(H,21,22). The monoisotopic (exact) mass is 443 g/mol. The Labute approximate surface area is 169 Å². The molecule has 29 heavy (non-hydrogen) atoms. The zero-order chi connectivity index (χ0) is 21.8. The quantitative estimate of drug-likeness (QED) is 0.451. The van der Waals surface area contributed by atoms with Crippen LogP contribution in [-0.4, -0.2) is 48.6 Å². The van der Waals surface area contributed by atoms with Crippen molar-refractivity contribution in [1.82, 2.24) is 4.72 Å². The fourth-order valence-electron chi connectivity index (χ4n) is 2.40. The second-order valence-electron chi connectivity index (χ2n) is 5.88. The van der Waals surface area contributed by atoms with E-state index in [0.29, 0.717) is 11.3 Å². The number of ether oxygens (including phenoxy) is 1. The molecule has 0 saturated carbocycles. The van der Waals surface area contributed by atoms with Crippen molar-refractivity contribution in [1.29, 1.82) is 0 Å². The molecule has 2 aromatic rings. The van der Waals surface area contributed by atoms with E-state index in [9.17, 15) is 21.6 Å². The Morgan fingerprint density at radius 3 is 2.14 bits per heavy atom. The number of sulfonamides is 2. The maximum Gasteiger partial charge on any atom is 0.341 e. The van der Waals surface area contributed by atoms with Gasteiger partial charge in [-0.25, -0.2) is 26.4 Å². The summed E-state index contributed by atoms with van der Waals surface area (Å²) >= 11 is 0. The first-order valence-electron chi connectivity index (χ1n) is 8.23. The maximum atomic E-state index is 12.8. The highest BCUT2D eigenvalue weighted by Crippen LogP contribution is 2.29. The van der Waals surface area contributed by atoms with Crippen LogP contribution in [0.2, 0.25) is 0 Å². The Kier molecular flexibility index (Phi) is 6.72. The predicted molar refractivity (Wildman–Crippen MR) is 107 cm³/mol. The summed E-state index contributed by atoms with van der Waals surface area (Å²) in [6, 6.07) is 7.93. The lowest BCUT2D eigenvalue weighted by atomic mass is 10.2. The van der Waals surface area contributed by atoms with Crippen LogP contribution in [0.3, 0.4) is 0 Å². The molecule has 0 aromatic heterocycles. The Bertz CT molecular complexity index is 1130. The van der Waals surface area contributed by atoms with Crippen LogP contribution in [-0.2, 0) is 24.8 Å². The number of anilines is 2. The van der Waals surface area contributed by atoms with Crippen LogP contribution in [0.25, 0.3) is 0 Å². The number of rotatable bonds is 9. The van der Waals surface area contributed by atoms with Gasteiger partial charge in [0, 0.05) is 7.05 Å². The van der Waals surface area contributed by atoms with Gasteiger partial charge in [-0.15, -0.1) is 0 Å². The predicted octanol–water partition coefficient (Wildman–Crippen LogP) is 1.21. The largest absolute Gasteiger partial charge is 0.482 e. The molecule has 10 nitrogen and oxygen atoms in total. The first kappa shape index (κ1) is 22.5. The summed E-state index contributed by atoms with van der Waals surface area (Å²) in [7, 11) is -5.01. The lowest BCUT2D eigenvalue weighted by molar-refractivity contribution is -0.139. The van der Waals surface area contributed by atoms with E-state index in [4.69, 9.17) is 9.84 Å². The van der Waals surface area contributed by atoms with Gasteiger partial charge in [0.25, 0.3) is 10.0 Å². The van der Waals surface area contributed by atoms with E-state index in [0.717, 1.165) is 0 Å². The van der Waals surface area contributed by atoms with Crippen LogP contribution >= 0.6 is 0 Å². The molecule has 2 rings (SSSR count). The molecular weight excluding hydrogens is 422 g/mol. The summed E-state index contributed by atoms with van der Waals surface area (Å²) in [5.41, 5.74) is 0.851. The molecule has 0 saturated heterocycles. The number of aryl methyl sites for hydroxylation is 1. The summed E-state index contributed by atoms with van der Waals surface area (Å²) in [5, 5.41) is 11.5. The van der Waals surface area contributed by atoms with Gasteiger partial charge in [0.05, 0.1) is 21.2 Å². The van der Waals surface area contributed by atoms with Gasteiger partial charge in [-0.3, -0.25) is 4.72 Å². The number of carboxylic acid groups (broad SMARTS) is 1. The summed E-state index contributed by atoms with van der Waals surface area (Å²) < 4.78 is 59.2. The first-order chi connectivity index (χ1) is 13.5. The SMILES string of the molecule is CNc1ccc(S(=O)(=O)NC)cc1NS(=O)(=O)c1ccc(OCC(=O)O)c(C)c1. The summed E-state index contributed by atoms with van der Waals surface area (Å²) in [5.74, 6) is -0.914. The highest BCUT2D eigenvalue weighted by Gasteiger charge is 2.20. The zero-order valence-corrected chi connectivity index (χ0v) is 17.5. The molecule has 0 spiro atoms. The number of hydrogen-bond donors (Lipinski definition) is 4. The minimum Gasteiger partial charge on any atom is -0.482 e. The van der Waals surface area contributed by atoms with Gasteiger partial charge < -0.3 is 15.2 Å². The van der Waals surface area contributed by atoms with Crippen LogP contribution in [0, 0.1) is 6.92 Å². The lowest BCUT2D eigenvalue weighted by Crippen LogP contribution is -2.20. The van der Waals surface area contributed by atoms with E-state index in [1.807, 2.05) is 0 Å². The van der Waals surface area contributed by atoms with Crippen molar-refractivity contribution in [2.45, 2.75) is 16.7 Å². The van der Waals surface area contributed by atoms with E-state index in [1.165, 1.54) is 43.4 Å². The van der Waals surface area contributed by atoms with E-state index in [-0.39, 0.29) is 21.2 Å². The molecular formula is C17H21N3O7S2. The maximum absolute atomic E-state index is 12.8. The number of benzene rings is 2. The van der Waals surface area contributed by atoms with Gasteiger partial charge in [-0.2, -0.15) is 0 Å². The third-order valence-electron chi connectivity index (χ3n) is 3.89. The number of carbonyl (C=O) groups is 1. The van der Waals surface area contributed by atoms with Crippen LogP contribution in [0.15, 0.2) is 46.2 Å². The first-order valence-corrected chi connectivity index (χ1v) is 11.2. The third kappa shape index (κ3) is 5.37. The summed E-state index contributed by atoms with van der Waals surface area (Å²) in [4.78, 5) is 10.4. The molecule has 12 heteroatoms. The minimum atomic E-state index is -4.06. The van der Waals surface area contributed by atoms with Gasteiger partial charge in [0.1, 0.15) is 5.75 Å². The van der Waals surface area contributed by atoms with Crippen molar-refractivity contribution >= 4 is 37.4 Å². The Morgan fingerprint density at radius 2 is 1.59 bits per heavy atom. The Morgan fingerprint density at radius 1 is 0.966 bits per heavy atom. The van der Waals surface area contributed by atoms with E-state index in [2.05, 4.69) is 14.8 Å². The number of carboxylic acids is 1. The lowest BCUT2D eigenvalue weighted by Gasteiger charge is -2.15. The van der Waals surface area contributed by atoms with Crippen LogP contribution in [0.5, 0.6) is 5.75 Å². The average molecular weight is 444 g/mol. The molecule has 0 heterocycles. The smallest absolute Gasteiger partial charge is 0.341 e. The normalized spacial score (nSPS) is 11.7. The third-order valence-corrected chi connectivity index (χ3v) is 6.67. The zero-order valence-electron chi connectivity index (χ0n) is 15.9. The topological polar surface area (TPSA) is 151 Å². The fourth-order valence-corrected chi connectivity index (χ4v) is 4.32. The number of aliphatic carboxylic acids is 1. The number of hydrogen-bond acceptors (Lipinski definition) is 7. The van der Waals surface area contributed by atoms with Gasteiger partial charge in [-0.1, -0.05) is 0 Å². The van der Waals surface area contributed by atoms with Gasteiger partial charge in [-0.05, 0) is 55.9 Å². The highest BCUT2D eigenvalue weighted by atomic mass is 32.2. The molecule has 158 valence electrons. The molecule has 0 amide bonds. The molecule has 0 bridgehead atoms. The molecule has 0 fully saturated rings. The molecule has 2 aromatic carbocycles. The van der Waals surface area contributed by atoms with Gasteiger partial charge in [0.15, 0.2) is 6.61 Å². The molecule has 4 N–H and O–H groups in total. The van der Waals surface area contributed by atoms with E-state index < -0.39 is 32.6 Å². The highest BCUT2D eigenvalue weighted by molar-refractivity contribution is 7.92. The van der Waals surface area contributed by atoms with Crippen molar-refractivity contribution in [3.8, 4) is 5.75 Å². The van der Waals surface area contributed by atoms with Crippen molar-refractivity contribution in [3.05, 3.63) is 42.0 Å².